The van der Waals surface area contributed by atoms with E-state index in [0.717, 1.165) is 11.3 Å². The van der Waals surface area contributed by atoms with Crippen LogP contribution in [0.1, 0.15) is 20.8 Å². The third-order valence-electron chi connectivity index (χ3n) is 2.22. The van der Waals surface area contributed by atoms with Crippen LogP contribution in [0.25, 0.3) is 11.3 Å². The van der Waals surface area contributed by atoms with Gasteiger partial charge in [-0.05, 0) is 32.9 Å². The lowest BCUT2D eigenvalue weighted by atomic mass is 10.2. The van der Waals surface area contributed by atoms with Gasteiger partial charge >= 0.3 is 6.09 Å². The Morgan fingerprint density at radius 3 is 2.84 bits per heavy atom. The van der Waals surface area contributed by atoms with Crippen molar-refractivity contribution in [3.63, 3.8) is 0 Å². The molecule has 2 heterocycles. The summed E-state index contributed by atoms with van der Waals surface area (Å²) in [4.78, 5) is 22.8. The predicted molar refractivity (Wildman–Crippen MR) is 71.7 cm³/mol. The van der Waals surface area contributed by atoms with Gasteiger partial charge in [-0.2, -0.15) is 0 Å². The van der Waals surface area contributed by atoms with Crippen molar-refractivity contribution in [2.24, 2.45) is 0 Å². The van der Waals surface area contributed by atoms with Crippen LogP contribution in [0.4, 0.5) is 10.6 Å². The number of hydrogen-bond donors (Lipinski definition) is 2. The fraction of sp³-hybridized carbons (Fsp3) is 0.308. The number of hydrogen-bond acceptors (Lipinski definition) is 4. The van der Waals surface area contributed by atoms with Gasteiger partial charge in [-0.15, -0.1) is 0 Å². The van der Waals surface area contributed by atoms with E-state index in [9.17, 15) is 4.79 Å². The van der Waals surface area contributed by atoms with Crippen LogP contribution < -0.4 is 5.32 Å². The van der Waals surface area contributed by atoms with Gasteiger partial charge in [-0.3, -0.25) is 5.32 Å². The number of aromatic nitrogens is 3. The zero-order valence-electron chi connectivity index (χ0n) is 11.1. The van der Waals surface area contributed by atoms with Crippen LogP contribution in [0.15, 0.2) is 30.9 Å². The zero-order valence-corrected chi connectivity index (χ0v) is 11.1. The maximum atomic E-state index is 11.8. The molecule has 0 aliphatic carbocycles. The van der Waals surface area contributed by atoms with Crippen LogP contribution >= 0.6 is 0 Å². The van der Waals surface area contributed by atoms with Gasteiger partial charge < -0.3 is 9.72 Å². The summed E-state index contributed by atoms with van der Waals surface area (Å²) in [7, 11) is 0. The van der Waals surface area contributed by atoms with Gasteiger partial charge in [-0.1, -0.05) is 0 Å². The molecule has 0 saturated heterocycles. The fourth-order valence-electron chi connectivity index (χ4n) is 1.53. The Balaban J connectivity index is 2.20. The molecule has 6 heteroatoms. The first-order valence-electron chi connectivity index (χ1n) is 5.89. The summed E-state index contributed by atoms with van der Waals surface area (Å²) in [5, 5.41) is 2.64. The van der Waals surface area contributed by atoms with Gasteiger partial charge in [0.25, 0.3) is 0 Å². The Kier molecular flexibility index (Phi) is 3.50. The number of H-pyrrole nitrogens is 1. The molecule has 0 saturated carbocycles. The van der Waals surface area contributed by atoms with Crippen LogP contribution in [0.2, 0.25) is 0 Å². The minimum atomic E-state index is -0.549. The van der Waals surface area contributed by atoms with Gasteiger partial charge in [0.1, 0.15) is 11.4 Å². The Morgan fingerprint density at radius 2 is 2.21 bits per heavy atom. The first-order chi connectivity index (χ1) is 8.96. The maximum absolute atomic E-state index is 11.8. The highest BCUT2D eigenvalue weighted by Crippen LogP contribution is 2.23. The first-order valence-corrected chi connectivity index (χ1v) is 5.89. The summed E-state index contributed by atoms with van der Waals surface area (Å²) in [6.45, 7) is 5.42. The highest BCUT2D eigenvalue weighted by molar-refractivity contribution is 5.89. The highest BCUT2D eigenvalue weighted by atomic mass is 16.6. The summed E-state index contributed by atoms with van der Waals surface area (Å²) in [6, 6.07) is 3.63. The minimum Gasteiger partial charge on any atom is -0.444 e. The molecule has 6 nitrogen and oxygen atoms in total. The lowest BCUT2D eigenvalue weighted by Gasteiger charge is -2.19. The van der Waals surface area contributed by atoms with Crippen molar-refractivity contribution in [2.75, 3.05) is 5.32 Å². The summed E-state index contributed by atoms with van der Waals surface area (Å²) in [5.74, 6) is 0.431. The van der Waals surface area contributed by atoms with Crippen LogP contribution in [0.5, 0.6) is 0 Å². The van der Waals surface area contributed by atoms with E-state index >= 15 is 0 Å². The number of carbonyl (C=O) groups is 1. The molecule has 0 radical (unpaired) electrons. The van der Waals surface area contributed by atoms with Gasteiger partial charge in [0.2, 0.25) is 0 Å². The van der Waals surface area contributed by atoms with Crippen LogP contribution in [0, 0.1) is 0 Å². The molecule has 19 heavy (non-hydrogen) atoms. The molecule has 2 aromatic rings. The van der Waals surface area contributed by atoms with Crippen molar-refractivity contribution in [1.82, 2.24) is 15.0 Å². The molecule has 0 atom stereocenters. The number of ether oxygens (including phenoxy) is 1. The smallest absolute Gasteiger partial charge is 0.413 e. The molecule has 0 bridgehead atoms. The fourth-order valence-corrected chi connectivity index (χ4v) is 1.53. The Bertz CT molecular complexity index is 558. The normalized spacial score (nSPS) is 11.1. The summed E-state index contributed by atoms with van der Waals surface area (Å²) in [6.07, 6.45) is 4.30. The van der Waals surface area contributed by atoms with E-state index in [1.165, 1.54) is 0 Å². The van der Waals surface area contributed by atoms with Crippen molar-refractivity contribution in [1.29, 1.82) is 0 Å². The largest absolute Gasteiger partial charge is 0.444 e. The number of pyridine rings is 1. The number of rotatable bonds is 2. The lowest BCUT2D eigenvalue weighted by Crippen LogP contribution is -2.27. The molecule has 0 aliphatic heterocycles. The van der Waals surface area contributed by atoms with Crippen LogP contribution in [-0.2, 0) is 4.74 Å². The number of aromatic amines is 1. The molecule has 1 amide bonds. The molecule has 0 spiro atoms. The van der Waals surface area contributed by atoms with E-state index < -0.39 is 11.7 Å². The lowest BCUT2D eigenvalue weighted by molar-refractivity contribution is 0.0635. The predicted octanol–water partition coefficient (Wildman–Crippen LogP) is 2.82. The third kappa shape index (κ3) is 3.54. The van der Waals surface area contributed by atoms with Crippen molar-refractivity contribution >= 4 is 11.9 Å². The van der Waals surface area contributed by atoms with E-state index in [1.807, 2.05) is 6.07 Å². The van der Waals surface area contributed by atoms with Crippen molar-refractivity contribution in [3.05, 3.63) is 30.9 Å². The number of anilines is 1. The van der Waals surface area contributed by atoms with Crippen molar-refractivity contribution in [3.8, 4) is 11.3 Å². The summed E-state index contributed by atoms with van der Waals surface area (Å²) < 4.78 is 5.20. The Labute approximate surface area is 111 Å². The number of nitrogens with one attached hydrogen (secondary N) is 2. The number of carbonyl (C=O) groups excluding carboxylic acids is 1. The second-order valence-electron chi connectivity index (χ2n) is 4.99. The second kappa shape index (κ2) is 5.09. The SMILES string of the molecule is CC(C)(C)OC(=O)Nc1ncccc1-c1cnc[nH]1. The second-order valence-corrected chi connectivity index (χ2v) is 4.99. The van der Waals surface area contributed by atoms with Gasteiger partial charge in [0.05, 0.1) is 18.2 Å². The van der Waals surface area contributed by atoms with Crippen LogP contribution in [0.3, 0.4) is 0 Å². The van der Waals surface area contributed by atoms with E-state index in [0.29, 0.717) is 5.82 Å². The average Bonchev–Trinajstić information content (AvgIpc) is 2.80. The van der Waals surface area contributed by atoms with Gasteiger partial charge in [0.15, 0.2) is 0 Å². The van der Waals surface area contributed by atoms with Gasteiger partial charge in [0, 0.05) is 11.8 Å². The van der Waals surface area contributed by atoms with E-state index in [2.05, 4.69) is 20.3 Å². The average molecular weight is 260 g/mol. The number of amides is 1. The summed E-state index contributed by atoms with van der Waals surface area (Å²) >= 11 is 0. The molecule has 100 valence electrons. The van der Waals surface area contributed by atoms with Crippen molar-refractivity contribution < 1.29 is 9.53 Å². The summed E-state index contributed by atoms with van der Waals surface area (Å²) in [5.41, 5.74) is 0.984. The number of nitrogens with zero attached hydrogens (tertiary/aromatic N) is 2. The Hall–Kier alpha value is -2.37. The molecule has 0 fully saturated rings. The molecular weight excluding hydrogens is 244 g/mol. The van der Waals surface area contributed by atoms with Gasteiger partial charge in [-0.25, -0.2) is 14.8 Å². The maximum Gasteiger partial charge on any atom is 0.413 e. The Morgan fingerprint density at radius 1 is 1.42 bits per heavy atom. The quantitative estimate of drug-likeness (QED) is 0.870. The molecular formula is C13H16N4O2. The van der Waals surface area contributed by atoms with Crippen LogP contribution in [-0.4, -0.2) is 26.6 Å². The standard InChI is InChI=1S/C13H16N4O2/c1-13(2,3)19-12(18)17-11-9(5-4-6-15-11)10-7-14-8-16-10/h4-8H,1-3H3,(H,14,16)(H,15,17,18). The molecule has 0 aromatic carbocycles. The van der Waals surface area contributed by atoms with E-state index in [1.54, 1.807) is 45.6 Å². The van der Waals surface area contributed by atoms with Crippen molar-refractivity contribution in [2.45, 2.75) is 26.4 Å². The third-order valence-corrected chi connectivity index (χ3v) is 2.22. The zero-order chi connectivity index (χ0) is 13.9. The topological polar surface area (TPSA) is 79.9 Å². The first kappa shape index (κ1) is 13.1. The molecule has 0 aliphatic rings. The van der Waals surface area contributed by atoms with E-state index in [4.69, 9.17) is 4.74 Å². The molecule has 0 unspecified atom stereocenters. The molecule has 2 aromatic heterocycles. The van der Waals surface area contributed by atoms with E-state index in [-0.39, 0.29) is 0 Å². The highest BCUT2D eigenvalue weighted by Gasteiger charge is 2.18. The molecule has 2 rings (SSSR count). The monoisotopic (exact) mass is 260 g/mol. The number of imidazole rings is 1. The molecule has 2 N–H and O–H groups in total. The minimum absolute atomic E-state index is 0.431.